The number of nitrogens with zero attached hydrogens (tertiary/aromatic N) is 1. The van der Waals surface area contributed by atoms with Crippen LogP contribution >= 0.6 is 11.8 Å². The summed E-state index contributed by atoms with van der Waals surface area (Å²) in [7, 11) is 0. The topological polar surface area (TPSA) is 76.1 Å². The lowest BCUT2D eigenvalue weighted by Gasteiger charge is -2.19. The lowest BCUT2D eigenvalue weighted by Crippen LogP contribution is -2.35. The van der Waals surface area contributed by atoms with E-state index >= 15 is 0 Å². The summed E-state index contributed by atoms with van der Waals surface area (Å²) in [6, 6.07) is 5.96. The molecule has 25 heavy (non-hydrogen) atoms. The average Bonchev–Trinajstić information content (AvgIpc) is 2.75. The van der Waals surface area contributed by atoms with Crippen molar-refractivity contribution in [3.8, 4) is 0 Å². The molecule has 1 amide bonds. The molecular formula is C17H22FN3O3S. The van der Waals surface area contributed by atoms with Crippen LogP contribution in [0.15, 0.2) is 38.9 Å². The first-order valence-corrected chi connectivity index (χ1v) is 8.67. The number of ether oxygens (including phenoxy) is 1. The molecule has 1 aromatic heterocycles. The molecular weight excluding hydrogens is 345 g/mol. The van der Waals surface area contributed by atoms with Crippen LogP contribution in [0, 0.1) is 12.7 Å². The van der Waals surface area contributed by atoms with Gasteiger partial charge in [-0.15, -0.1) is 0 Å². The minimum atomic E-state index is -0.567. The van der Waals surface area contributed by atoms with E-state index in [2.05, 4.69) is 10.4 Å². The number of halogens is 1. The van der Waals surface area contributed by atoms with Crippen LogP contribution in [-0.2, 0) is 11.3 Å². The van der Waals surface area contributed by atoms with Gasteiger partial charge in [-0.1, -0.05) is 11.8 Å². The summed E-state index contributed by atoms with van der Waals surface area (Å²) in [5.41, 5.74) is -0.0301. The summed E-state index contributed by atoms with van der Waals surface area (Å²) in [5, 5.41) is 5.59. The molecule has 2 N–H and O–H groups in total. The van der Waals surface area contributed by atoms with E-state index in [1.165, 1.54) is 28.6 Å². The molecule has 0 radical (unpaired) electrons. The summed E-state index contributed by atoms with van der Waals surface area (Å²) in [6.45, 7) is 7.70. The van der Waals surface area contributed by atoms with Crippen molar-refractivity contribution in [2.24, 2.45) is 0 Å². The molecule has 0 unspecified atom stereocenters. The SMILES string of the molecule is Cc1[nH]n(CCNC(=O)OC(C)(C)C)c(=O)c1Sc1ccc(F)cc1. The Morgan fingerprint density at radius 3 is 2.56 bits per heavy atom. The highest BCUT2D eigenvalue weighted by Gasteiger charge is 2.16. The van der Waals surface area contributed by atoms with E-state index in [9.17, 15) is 14.0 Å². The summed E-state index contributed by atoms with van der Waals surface area (Å²) < 4.78 is 19.5. The number of hydrogen-bond acceptors (Lipinski definition) is 4. The number of aromatic amines is 1. The van der Waals surface area contributed by atoms with Gasteiger partial charge in [0, 0.05) is 17.1 Å². The Balaban J connectivity index is 1.98. The van der Waals surface area contributed by atoms with Gasteiger partial charge in [-0.3, -0.25) is 14.6 Å². The van der Waals surface area contributed by atoms with Crippen LogP contribution in [0.1, 0.15) is 26.5 Å². The Hall–Kier alpha value is -2.22. The standard InChI is InChI=1S/C17H22FN3O3S/c1-11-14(25-13-7-5-12(18)6-8-13)15(22)21(20-11)10-9-19-16(23)24-17(2,3)4/h5-8,20H,9-10H2,1-4H3,(H,19,23). The van der Waals surface area contributed by atoms with Gasteiger partial charge >= 0.3 is 6.09 Å². The number of hydrogen-bond donors (Lipinski definition) is 2. The fraction of sp³-hybridized carbons (Fsp3) is 0.412. The first kappa shape index (κ1) is 19.1. The van der Waals surface area contributed by atoms with Crippen molar-refractivity contribution in [2.75, 3.05) is 6.54 Å². The van der Waals surface area contributed by atoms with Crippen LogP contribution < -0.4 is 10.9 Å². The molecule has 0 bridgehead atoms. The van der Waals surface area contributed by atoms with Crippen molar-refractivity contribution >= 4 is 17.9 Å². The minimum Gasteiger partial charge on any atom is -0.444 e. The summed E-state index contributed by atoms with van der Waals surface area (Å²) in [4.78, 5) is 25.4. The highest BCUT2D eigenvalue weighted by atomic mass is 32.2. The normalized spacial score (nSPS) is 11.4. The molecule has 0 saturated heterocycles. The van der Waals surface area contributed by atoms with E-state index < -0.39 is 11.7 Å². The highest BCUT2D eigenvalue weighted by molar-refractivity contribution is 7.99. The molecule has 136 valence electrons. The summed E-state index contributed by atoms with van der Waals surface area (Å²) in [6.07, 6.45) is -0.523. The maximum Gasteiger partial charge on any atom is 0.407 e. The van der Waals surface area contributed by atoms with Crippen molar-refractivity contribution in [3.05, 3.63) is 46.1 Å². The lowest BCUT2D eigenvalue weighted by molar-refractivity contribution is 0.0525. The number of benzene rings is 1. The number of amides is 1. The molecule has 0 fully saturated rings. The zero-order valence-corrected chi connectivity index (χ0v) is 15.5. The van der Waals surface area contributed by atoms with Crippen molar-refractivity contribution in [1.29, 1.82) is 0 Å². The van der Waals surface area contributed by atoms with E-state index in [-0.39, 0.29) is 17.9 Å². The number of aryl methyl sites for hydroxylation is 1. The quantitative estimate of drug-likeness (QED) is 0.850. The van der Waals surface area contributed by atoms with Crippen molar-refractivity contribution in [1.82, 2.24) is 15.1 Å². The van der Waals surface area contributed by atoms with Crippen LogP contribution in [0.5, 0.6) is 0 Å². The third-order valence-electron chi connectivity index (χ3n) is 3.12. The number of nitrogens with one attached hydrogen (secondary N) is 2. The van der Waals surface area contributed by atoms with Crippen LogP contribution in [0.25, 0.3) is 0 Å². The number of aromatic nitrogens is 2. The molecule has 1 heterocycles. The molecule has 8 heteroatoms. The number of carbonyl (C=O) groups excluding carboxylic acids is 1. The molecule has 2 rings (SSSR count). The maximum absolute atomic E-state index is 13.0. The minimum absolute atomic E-state index is 0.183. The summed E-state index contributed by atoms with van der Waals surface area (Å²) in [5.74, 6) is -0.319. The van der Waals surface area contributed by atoms with Crippen LogP contribution in [0.3, 0.4) is 0 Å². The van der Waals surface area contributed by atoms with Gasteiger partial charge in [-0.2, -0.15) is 0 Å². The average molecular weight is 367 g/mol. The number of H-pyrrole nitrogens is 1. The molecule has 0 spiro atoms. The van der Waals surface area contributed by atoms with Crippen molar-refractivity contribution < 1.29 is 13.9 Å². The Morgan fingerprint density at radius 2 is 1.96 bits per heavy atom. The van der Waals surface area contributed by atoms with Crippen molar-refractivity contribution in [2.45, 2.75) is 49.6 Å². The molecule has 0 atom stereocenters. The van der Waals surface area contributed by atoms with E-state index in [4.69, 9.17) is 4.74 Å². The largest absolute Gasteiger partial charge is 0.444 e. The second-order valence-corrected chi connectivity index (χ2v) is 7.59. The van der Waals surface area contributed by atoms with Gasteiger partial charge in [0.15, 0.2) is 0 Å². The predicted molar refractivity (Wildman–Crippen MR) is 94.5 cm³/mol. The second-order valence-electron chi connectivity index (χ2n) is 6.51. The Labute approximate surface area is 149 Å². The first-order valence-electron chi connectivity index (χ1n) is 7.85. The van der Waals surface area contributed by atoms with Crippen LogP contribution in [0.4, 0.5) is 9.18 Å². The third-order valence-corrected chi connectivity index (χ3v) is 4.31. The third kappa shape index (κ3) is 5.67. The maximum atomic E-state index is 13.0. The molecule has 2 aromatic rings. The van der Waals surface area contributed by atoms with Crippen LogP contribution in [-0.4, -0.2) is 28.0 Å². The molecule has 0 aliphatic rings. The summed E-state index contributed by atoms with van der Waals surface area (Å²) >= 11 is 1.27. The number of carbonyl (C=O) groups is 1. The highest BCUT2D eigenvalue weighted by Crippen LogP contribution is 2.27. The molecule has 1 aromatic carbocycles. The number of rotatable bonds is 5. The van der Waals surface area contributed by atoms with Gasteiger partial charge < -0.3 is 10.1 Å². The van der Waals surface area contributed by atoms with E-state index in [0.717, 1.165) is 10.6 Å². The van der Waals surface area contributed by atoms with Gasteiger partial charge in [-0.25, -0.2) is 9.18 Å². The Bertz CT molecular complexity index is 791. The molecule has 0 aliphatic carbocycles. The molecule has 0 aliphatic heterocycles. The Morgan fingerprint density at radius 1 is 1.32 bits per heavy atom. The Kier molecular flexibility index (Phi) is 5.94. The van der Waals surface area contributed by atoms with E-state index in [1.54, 1.807) is 39.8 Å². The zero-order chi connectivity index (χ0) is 18.6. The smallest absolute Gasteiger partial charge is 0.407 e. The van der Waals surface area contributed by atoms with Crippen molar-refractivity contribution in [3.63, 3.8) is 0 Å². The van der Waals surface area contributed by atoms with Gasteiger partial charge in [0.05, 0.1) is 11.4 Å². The van der Waals surface area contributed by atoms with Crippen LogP contribution in [0.2, 0.25) is 0 Å². The van der Waals surface area contributed by atoms with E-state index in [0.29, 0.717) is 11.4 Å². The van der Waals surface area contributed by atoms with E-state index in [1.807, 2.05) is 0 Å². The fourth-order valence-corrected chi connectivity index (χ4v) is 2.97. The number of alkyl carbamates (subject to hydrolysis) is 1. The van der Waals surface area contributed by atoms with Gasteiger partial charge in [0.1, 0.15) is 11.4 Å². The lowest BCUT2D eigenvalue weighted by atomic mass is 10.2. The zero-order valence-electron chi connectivity index (χ0n) is 14.7. The second kappa shape index (κ2) is 7.77. The van der Waals surface area contributed by atoms with Gasteiger partial charge in [0.2, 0.25) is 0 Å². The fourth-order valence-electron chi connectivity index (χ4n) is 2.07. The molecule has 6 nitrogen and oxygen atoms in total. The van der Waals surface area contributed by atoms with Gasteiger partial charge in [-0.05, 0) is 52.0 Å². The van der Waals surface area contributed by atoms with Gasteiger partial charge in [0.25, 0.3) is 5.56 Å². The first-order chi connectivity index (χ1) is 11.7. The molecule has 0 saturated carbocycles. The predicted octanol–water partition coefficient (Wildman–Crippen LogP) is 3.30. The monoisotopic (exact) mass is 367 g/mol.